The number of hydrogen-bond donors (Lipinski definition) is 1. The van der Waals surface area contributed by atoms with Gasteiger partial charge in [-0.1, -0.05) is 91.0 Å². The summed E-state index contributed by atoms with van der Waals surface area (Å²) in [5.41, 5.74) is 6.92. The summed E-state index contributed by atoms with van der Waals surface area (Å²) < 4.78 is 0.419. The molecule has 0 aromatic heterocycles. The Morgan fingerprint density at radius 1 is 0.769 bits per heavy atom. The Labute approximate surface area is 230 Å². The molecule has 4 aromatic carbocycles. The molecule has 0 radical (unpaired) electrons. The minimum Gasteiger partial charge on any atom is -0.544 e. The molecule has 5 heteroatoms. The number of allylic oxidation sites excluding steroid dienone is 2. The van der Waals surface area contributed by atoms with E-state index in [1.807, 2.05) is 30.3 Å². The molecular weight excluding hydrogens is 484 g/mol. The highest BCUT2D eigenvalue weighted by Gasteiger charge is 2.28. The van der Waals surface area contributed by atoms with Crippen LogP contribution in [0.1, 0.15) is 22.7 Å². The number of nitrogens with zero attached hydrogens (tertiary/aromatic N) is 2. The summed E-state index contributed by atoms with van der Waals surface area (Å²) >= 11 is 0. The molecule has 5 nitrogen and oxygen atoms in total. The summed E-state index contributed by atoms with van der Waals surface area (Å²) in [6.45, 7) is 0.0694. The van der Waals surface area contributed by atoms with Gasteiger partial charge in [-0.2, -0.15) is 0 Å². The van der Waals surface area contributed by atoms with Gasteiger partial charge in [-0.15, -0.1) is 0 Å². The van der Waals surface area contributed by atoms with E-state index in [-0.39, 0.29) is 18.3 Å². The van der Waals surface area contributed by atoms with Crippen LogP contribution in [0.4, 0.5) is 5.69 Å². The molecule has 0 bridgehead atoms. The van der Waals surface area contributed by atoms with Gasteiger partial charge in [-0.25, -0.2) is 0 Å². The molecule has 5 rings (SSSR count). The van der Waals surface area contributed by atoms with Gasteiger partial charge in [-0.05, 0) is 58.7 Å². The van der Waals surface area contributed by atoms with Crippen LogP contribution in [0.5, 0.6) is 5.75 Å². The monoisotopic (exact) mass is 518 g/mol. The number of aromatic hydroxyl groups is 1. The smallest absolute Gasteiger partial charge is 0.118 e. The number of carboxylic acids is 1. The summed E-state index contributed by atoms with van der Waals surface area (Å²) in [6, 6.07) is 39.0. The van der Waals surface area contributed by atoms with Crippen LogP contribution in [-0.4, -0.2) is 43.2 Å². The van der Waals surface area contributed by atoms with Gasteiger partial charge in [-0.3, -0.25) is 0 Å². The normalized spacial score (nSPS) is 14.9. The van der Waals surface area contributed by atoms with Gasteiger partial charge in [0.15, 0.2) is 0 Å². The Hall–Kier alpha value is -4.61. The fraction of sp³-hybridized carbons (Fsp3) is 0.147. The number of quaternary nitrogens is 1. The fourth-order valence-electron chi connectivity index (χ4n) is 4.50. The SMILES string of the molecule is C[N+](C)(C)CC(=O)[O-].Oc1ccc(N2C(c3ccccc3)=CC(c3ccccc3)=CC2c2ccccc2)cc1. The quantitative estimate of drug-likeness (QED) is 0.342. The second-order valence-corrected chi connectivity index (χ2v) is 10.4. The van der Waals surface area contributed by atoms with Crippen LogP contribution in [0.25, 0.3) is 11.3 Å². The largest absolute Gasteiger partial charge is 0.544 e. The highest BCUT2D eigenvalue weighted by Crippen LogP contribution is 2.42. The first kappa shape index (κ1) is 27.4. The van der Waals surface area contributed by atoms with Crippen molar-refractivity contribution in [1.82, 2.24) is 0 Å². The number of phenols is 1. The van der Waals surface area contributed by atoms with Crippen LogP contribution in [0.2, 0.25) is 0 Å². The van der Waals surface area contributed by atoms with Crippen molar-refractivity contribution in [3.05, 3.63) is 144 Å². The second-order valence-electron chi connectivity index (χ2n) is 10.4. The average molecular weight is 519 g/mol. The molecule has 1 heterocycles. The van der Waals surface area contributed by atoms with E-state index in [0.29, 0.717) is 4.48 Å². The van der Waals surface area contributed by atoms with Crippen molar-refractivity contribution in [1.29, 1.82) is 0 Å². The summed E-state index contributed by atoms with van der Waals surface area (Å²) in [6.07, 6.45) is 4.58. The predicted molar refractivity (Wildman–Crippen MR) is 157 cm³/mol. The Morgan fingerprint density at radius 3 is 1.77 bits per heavy atom. The lowest BCUT2D eigenvalue weighted by Crippen LogP contribution is -2.45. The fourth-order valence-corrected chi connectivity index (χ4v) is 4.50. The molecule has 198 valence electrons. The van der Waals surface area contributed by atoms with Crippen LogP contribution in [0.15, 0.2) is 127 Å². The first-order chi connectivity index (χ1) is 18.7. The first-order valence-electron chi connectivity index (χ1n) is 12.9. The van der Waals surface area contributed by atoms with Gasteiger partial charge in [0, 0.05) is 11.4 Å². The van der Waals surface area contributed by atoms with E-state index >= 15 is 0 Å². The minimum atomic E-state index is -1.00. The molecule has 0 saturated heterocycles. The third-order valence-electron chi connectivity index (χ3n) is 6.22. The lowest BCUT2D eigenvalue weighted by atomic mass is 9.91. The van der Waals surface area contributed by atoms with Crippen LogP contribution >= 0.6 is 0 Å². The lowest BCUT2D eigenvalue weighted by molar-refractivity contribution is -0.864. The zero-order chi connectivity index (χ0) is 27.8. The number of rotatable bonds is 6. The van der Waals surface area contributed by atoms with Gasteiger partial charge < -0.3 is 24.4 Å². The van der Waals surface area contributed by atoms with Gasteiger partial charge >= 0.3 is 0 Å². The standard InChI is InChI=1S/C29H23NO.C5H11NO2/c31-27-18-16-26(17-19-27)30-28(23-12-6-2-7-13-23)20-25(22-10-4-1-5-11-22)21-29(30)24-14-8-3-9-15-24;1-6(2,3)4-5(7)8/h1-21,28,31H;4H2,1-3H3. The van der Waals surface area contributed by atoms with Crippen molar-refractivity contribution in [3.63, 3.8) is 0 Å². The van der Waals surface area contributed by atoms with Crippen LogP contribution in [-0.2, 0) is 4.79 Å². The molecule has 1 unspecified atom stereocenters. The lowest BCUT2D eigenvalue weighted by Gasteiger charge is -2.38. The molecule has 0 saturated carbocycles. The topological polar surface area (TPSA) is 63.6 Å². The van der Waals surface area contributed by atoms with Crippen molar-refractivity contribution < 1.29 is 19.5 Å². The highest BCUT2D eigenvalue weighted by molar-refractivity contribution is 5.93. The molecule has 1 aliphatic heterocycles. The van der Waals surface area contributed by atoms with E-state index < -0.39 is 5.97 Å². The second kappa shape index (κ2) is 12.3. The molecule has 1 atom stereocenters. The molecule has 0 aliphatic carbocycles. The highest BCUT2D eigenvalue weighted by atomic mass is 16.4. The van der Waals surface area contributed by atoms with Crippen LogP contribution in [0, 0.1) is 0 Å². The molecule has 0 fully saturated rings. The first-order valence-corrected chi connectivity index (χ1v) is 12.9. The number of carboxylic acid groups (broad SMARTS) is 1. The Bertz CT molecular complexity index is 1420. The average Bonchev–Trinajstić information content (AvgIpc) is 2.93. The predicted octanol–water partition coefficient (Wildman–Crippen LogP) is 5.52. The Kier molecular flexibility index (Phi) is 8.64. The zero-order valence-electron chi connectivity index (χ0n) is 22.6. The number of carbonyl (C=O) groups excluding carboxylic acids is 1. The van der Waals surface area contributed by atoms with Crippen molar-refractivity contribution in [2.75, 3.05) is 32.6 Å². The maximum absolute atomic E-state index is 9.89. The van der Waals surface area contributed by atoms with E-state index in [9.17, 15) is 15.0 Å². The number of carbonyl (C=O) groups is 1. The maximum atomic E-state index is 9.89. The van der Waals surface area contributed by atoms with E-state index in [0.717, 1.165) is 16.9 Å². The van der Waals surface area contributed by atoms with Crippen molar-refractivity contribution in [2.45, 2.75) is 6.04 Å². The minimum absolute atomic E-state index is 0.0150. The number of likely N-dealkylation sites (N-methyl/N-ethyl adjacent to an activating group) is 1. The number of anilines is 1. The number of benzene rings is 4. The maximum Gasteiger partial charge on any atom is 0.118 e. The Balaban J connectivity index is 0.000000386. The van der Waals surface area contributed by atoms with Gasteiger partial charge in [0.05, 0.1) is 33.2 Å². The number of hydrogen-bond acceptors (Lipinski definition) is 4. The van der Waals surface area contributed by atoms with Crippen molar-refractivity contribution >= 4 is 22.9 Å². The third-order valence-corrected chi connectivity index (χ3v) is 6.22. The third kappa shape index (κ3) is 7.46. The molecule has 4 aromatic rings. The molecule has 1 aliphatic rings. The zero-order valence-corrected chi connectivity index (χ0v) is 22.6. The molecule has 39 heavy (non-hydrogen) atoms. The van der Waals surface area contributed by atoms with Gasteiger partial charge in [0.25, 0.3) is 0 Å². The number of phenolic OH excluding ortho intramolecular Hbond substituents is 1. The van der Waals surface area contributed by atoms with E-state index in [1.165, 1.54) is 16.7 Å². The van der Waals surface area contributed by atoms with Crippen molar-refractivity contribution in [2.24, 2.45) is 0 Å². The van der Waals surface area contributed by atoms with Crippen molar-refractivity contribution in [3.8, 4) is 5.75 Å². The van der Waals surface area contributed by atoms with Gasteiger partial charge in [0.2, 0.25) is 0 Å². The molecular formula is C34H34N2O3. The molecule has 0 spiro atoms. The summed E-state index contributed by atoms with van der Waals surface area (Å²) in [5.74, 6) is -0.736. The van der Waals surface area contributed by atoms with E-state index in [4.69, 9.17) is 0 Å². The van der Waals surface area contributed by atoms with Crippen LogP contribution in [0.3, 0.4) is 0 Å². The number of aliphatic carboxylic acids is 1. The van der Waals surface area contributed by atoms with E-state index in [2.05, 4.69) is 89.8 Å². The van der Waals surface area contributed by atoms with E-state index in [1.54, 1.807) is 33.3 Å². The molecule has 1 N–H and O–H groups in total. The molecule has 0 amide bonds. The Morgan fingerprint density at radius 2 is 1.28 bits per heavy atom. The summed E-state index contributed by atoms with van der Waals surface area (Å²) in [7, 11) is 5.40. The van der Waals surface area contributed by atoms with Crippen LogP contribution < -0.4 is 10.0 Å². The summed E-state index contributed by atoms with van der Waals surface area (Å²) in [4.78, 5) is 12.2. The van der Waals surface area contributed by atoms with Gasteiger partial charge in [0.1, 0.15) is 12.3 Å². The summed E-state index contributed by atoms with van der Waals surface area (Å²) in [5, 5.41) is 19.8.